The summed E-state index contributed by atoms with van der Waals surface area (Å²) in [7, 11) is 0. The number of nitrogens with zero attached hydrogens (tertiary/aromatic N) is 2. The number of H-pyrrole nitrogens is 1. The molecule has 1 unspecified atom stereocenters. The van der Waals surface area contributed by atoms with E-state index >= 15 is 0 Å². The van der Waals surface area contributed by atoms with Crippen molar-refractivity contribution in [2.24, 2.45) is 10.7 Å². The van der Waals surface area contributed by atoms with Crippen LogP contribution < -0.4 is 11.1 Å². The van der Waals surface area contributed by atoms with Crippen molar-refractivity contribution in [3.05, 3.63) is 20.8 Å². The van der Waals surface area contributed by atoms with Crippen molar-refractivity contribution in [1.29, 1.82) is 0 Å². The van der Waals surface area contributed by atoms with E-state index in [1.54, 1.807) is 26.8 Å². The summed E-state index contributed by atoms with van der Waals surface area (Å²) in [5.41, 5.74) is 2.94. The number of guanidine groups is 1. The standard InChI is InChI=1S/C16H21Br2N5O5/c1-15(2,3)28-14(26)23-12(25)16(27,22-13(23)19)5-4-6-20-11(24)9-7-8(17)10(18)21-9/h7,21,27H,4-6H2,1-3H3,(H2,19,22)(H,20,24). The zero-order valence-electron chi connectivity index (χ0n) is 15.5. The number of carbonyl (C=O) groups is 3. The van der Waals surface area contributed by atoms with Crippen LogP contribution in [0.2, 0.25) is 0 Å². The van der Waals surface area contributed by atoms with E-state index in [1.165, 1.54) is 0 Å². The number of hydrogen-bond acceptors (Lipinski definition) is 7. The van der Waals surface area contributed by atoms with Crippen LogP contribution in [-0.4, -0.2) is 56.7 Å². The summed E-state index contributed by atoms with van der Waals surface area (Å²) in [5.74, 6) is -1.77. The fourth-order valence-corrected chi connectivity index (χ4v) is 3.03. The van der Waals surface area contributed by atoms with Gasteiger partial charge in [-0.15, -0.1) is 0 Å². The van der Waals surface area contributed by atoms with Gasteiger partial charge < -0.3 is 25.9 Å². The van der Waals surface area contributed by atoms with Gasteiger partial charge in [-0.2, -0.15) is 4.90 Å². The summed E-state index contributed by atoms with van der Waals surface area (Å²) in [6.07, 6.45) is -0.925. The molecule has 10 nitrogen and oxygen atoms in total. The number of aromatic amines is 1. The van der Waals surface area contributed by atoms with Crippen LogP contribution >= 0.6 is 31.9 Å². The molecule has 2 rings (SSSR count). The average molecular weight is 523 g/mol. The molecule has 1 aromatic heterocycles. The van der Waals surface area contributed by atoms with Crippen LogP contribution in [0.4, 0.5) is 4.79 Å². The third kappa shape index (κ3) is 5.11. The number of aromatic nitrogens is 1. The van der Waals surface area contributed by atoms with Crippen LogP contribution in [0.5, 0.6) is 0 Å². The minimum atomic E-state index is -2.18. The molecule has 154 valence electrons. The number of nitrogens with two attached hydrogens (primary N) is 1. The van der Waals surface area contributed by atoms with Gasteiger partial charge in [0.15, 0.2) is 0 Å². The third-order valence-electron chi connectivity index (χ3n) is 3.61. The molecule has 1 aliphatic heterocycles. The maximum atomic E-state index is 12.4. The van der Waals surface area contributed by atoms with Crippen LogP contribution in [0.1, 0.15) is 44.1 Å². The molecule has 0 saturated heterocycles. The van der Waals surface area contributed by atoms with Gasteiger partial charge >= 0.3 is 6.09 Å². The summed E-state index contributed by atoms with van der Waals surface area (Å²) in [4.78, 5) is 43.7. The van der Waals surface area contributed by atoms with Crippen molar-refractivity contribution >= 4 is 55.7 Å². The Bertz CT molecular complexity index is 812. The van der Waals surface area contributed by atoms with E-state index < -0.39 is 29.3 Å². The molecular formula is C16H21Br2N5O5. The number of aliphatic imine (C=N–C) groups is 1. The van der Waals surface area contributed by atoms with Crippen LogP contribution in [0, 0.1) is 0 Å². The summed E-state index contributed by atoms with van der Waals surface area (Å²) in [6, 6.07) is 1.61. The van der Waals surface area contributed by atoms with Gasteiger partial charge in [0.1, 0.15) is 11.3 Å². The highest BCUT2D eigenvalue weighted by atomic mass is 79.9. The number of halogens is 2. The highest BCUT2D eigenvalue weighted by molar-refractivity contribution is 9.13. The van der Waals surface area contributed by atoms with Gasteiger partial charge in [-0.3, -0.25) is 9.59 Å². The number of carbonyl (C=O) groups excluding carboxylic acids is 3. The Hall–Kier alpha value is -1.92. The second kappa shape index (κ2) is 8.21. The van der Waals surface area contributed by atoms with Gasteiger partial charge in [-0.25, -0.2) is 9.79 Å². The number of rotatable bonds is 5. The van der Waals surface area contributed by atoms with Crippen molar-refractivity contribution in [3.8, 4) is 0 Å². The quantitative estimate of drug-likeness (QED) is 0.433. The molecule has 1 aliphatic rings. The average Bonchev–Trinajstić information content (AvgIpc) is 2.99. The van der Waals surface area contributed by atoms with E-state index in [-0.39, 0.29) is 25.3 Å². The van der Waals surface area contributed by atoms with Crippen LogP contribution in [0.25, 0.3) is 0 Å². The molecule has 0 fully saturated rings. The number of amides is 3. The third-order valence-corrected chi connectivity index (χ3v) is 5.39. The van der Waals surface area contributed by atoms with E-state index in [0.29, 0.717) is 19.7 Å². The lowest BCUT2D eigenvalue weighted by molar-refractivity contribution is -0.143. The van der Waals surface area contributed by atoms with Gasteiger partial charge in [0.05, 0.1) is 9.08 Å². The summed E-state index contributed by atoms with van der Waals surface area (Å²) < 4.78 is 6.44. The Morgan fingerprint density at radius 2 is 2.07 bits per heavy atom. The highest BCUT2D eigenvalue weighted by Gasteiger charge is 2.49. The smallest absolute Gasteiger partial charge is 0.424 e. The fourth-order valence-electron chi connectivity index (χ4n) is 2.38. The van der Waals surface area contributed by atoms with Gasteiger partial charge in [0, 0.05) is 13.0 Å². The molecule has 28 heavy (non-hydrogen) atoms. The van der Waals surface area contributed by atoms with E-state index in [0.717, 1.165) is 0 Å². The molecule has 0 aliphatic carbocycles. The maximum Gasteiger partial charge on any atom is 0.424 e. The lowest BCUT2D eigenvalue weighted by atomic mass is 10.1. The molecule has 1 aromatic rings. The number of nitrogens with one attached hydrogen (secondary N) is 2. The molecule has 1 atom stereocenters. The van der Waals surface area contributed by atoms with Crippen LogP contribution in [0.3, 0.4) is 0 Å². The Labute approximate surface area is 178 Å². The lowest BCUT2D eigenvalue weighted by Crippen LogP contribution is -2.49. The first-order valence-corrected chi connectivity index (χ1v) is 9.90. The summed E-state index contributed by atoms with van der Waals surface area (Å²) in [5, 5.41) is 13.1. The molecule has 5 N–H and O–H groups in total. The van der Waals surface area contributed by atoms with Gasteiger partial charge in [-0.05, 0) is 65.1 Å². The molecule has 0 saturated carbocycles. The Morgan fingerprint density at radius 1 is 1.43 bits per heavy atom. The first-order chi connectivity index (χ1) is 12.8. The first-order valence-electron chi connectivity index (χ1n) is 8.31. The minimum absolute atomic E-state index is 0.135. The minimum Gasteiger partial charge on any atom is -0.443 e. The van der Waals surface area contributed by atoms with Gasteiger partial charge in [-0.1, -0.05) is 0 Å². The molecule has 0 spiro atoms. The highest BCUT2D eigenvalue weighted by Crippen LogP contribution is 2.26. The normalized spacial score (nSPS) is 19.6. The fraction of sp³-hybridized carbons (Fsp3) is 0.500. The number of hydrogen-bond donors (Lipinski definition) is 4. The topological polar surface area (TPSA) is 150 Å². The van der Waals surface area contributed by atoms with Crippen molar-refractivity contribution in [3.63, 3.8) is 0 Å². The van der Waals surface area contributed by atoms with Gasteiger partial charge in [0.2, 0.25) is 11.7 Å². The first kappa shape index (κ1) is 22.4. The molecule has 3 amide bonds. The van der Waals surface area contributed by atoms with Crippen LogP contribution in [0.15, 0.2) is 20.1 Å². The second-order valence-corrected chi connectivity index (χ2v) is 8.76. The van der Waals surface area contributed by atoms with Crippen molar-refractivity contribution in [2.45, 2.75) is 44.9 Å². The van der Waals surface area contributed by atoms with Crippen molar-refractivity contribution in [1.82, 2.24) is 15.2 Å². The predicted octanol–water partition coefficient (Wildman–Crippen LogP) is 1.83. The Kier molecular flexibility index (Phi) is 6.56. The second-order valence-electron chi connectivity index (χ2n) is 7.11. The Morgan fingerprint density at radius 3 is 2.61 bits per heavy atom. The number of ether oxygens (including phenoxy) is 1. The van der Waals surface area contributed by atoms with E-state index in [2.05, 4.69) is 47.2 Å². The maximum absolute atomic E-state index is 12.4. The van der Waals surface area contributed by atoms with Crippen molar-refractivity contribution < 1.29 is 24.2 Å². The molecule has 0 bridgehead atoms. The van der Waals surface area contributed by atoms with E-state index in [4.69, 9.17) is 10.5 Å². The van der Waals surface area contributed by atoms with Gasteiger partial charge in [0.25, 0.3) is 11.8 Å². The summed E-state index contributed by atoms with van der Waals surface area (Å²) >= 11 is 6.51. The molecule has 12 heteroatoms. The molecule has 2 heterocycles. The van der Waals surface area contributed by atoms with Crippen LogP contribution in [-0.2, 0) is 9.53 Å². The number of aliphatic hydroxyl groups is 1. The molecular weight excluding hydrogens is 502 g/mol. The zero-order valence-corrected chi connectivity index (χ0v) is 18.7. The monoisotopic (exact) mass is 521 g/mol. The van der Waals surface area contributed by atoms with Crippen molar-refractivity contribution in [2.75, 3.05) is 6.54 Å². The zero-order chi connectivity index (χ0) is 21.3. The van der Waals surface area contributed by atoms with E-state index in [9.17, 15) is 19.5 Å². The lowest BCUT2D eigenvalue weighted by Gasteiger charge is -2.24. The predicted molar refractivity (Wildman–Crippen MR) is 107 cm³/mol. The molecule has 0 aromatic carbocycles. The van der Waals surface area contributed by atoms with E-state index in [1.807, 2.05) is 0 Å². The largest absolute Gasteiger partial charge is 0.443 e. The number of imide groups is 1. The Balaban J connectivity index is 1.90. The molecule has 0 radical (unpaired) electrons. The SMILES string of the molecule is CC(C)(C)OC(=O)N1C(=O)C(O)(CCCNC(=O)c2cc(Br)c(Br)[nH]2)N=C1N. The summed E-state index contributed by atoms with van der Waals surface area (Å²) in [6.45, 7) is 5.07.